The van der Waals surface area contributed by atoms with E-state index in [9.17, 15) is 22.7 Å². The van der Waals surface area contributed by atoms with Crippen molar-refractivity contribution in [2.24, 2.45) is 0 Å². The fraction of sp³-hybridized carbons (Fsp3) is 0.143. The average molecular weight is 360 g/mol. The molecule has 1 N–H and O–H groups in total. The first-order chi connectivity index (χ1) is 12.4. The van der Waals surface area contributed by atoms with Gasteiger partial charge in [-0.25, -0.2) is 17.6 Å². The third-order valence-corrected chi connectivity index (χ3v) is 4.36. The van der Waals surface area contributed by atoms with Gasteiger partial charge in [-0.05, 0) is 65.4 Å². The van der Waals surface area contributed by atoms with Gasteiger partial charge in [0.05, 0.1) is 0 Å². The summed E-state index contributed by atoms with van der Waals surface area (Å²) in [5.74, 6) is -3.98. The Kier molecular flexibility index (Phi) is 4.98. The molecule has 3 aromatic carbocycles. The summed E-state index contributed by atoms with van der Waals surface area (Å²) >= 11 is 0. The van der Waals surface area contributed by atoms with Crippen LogP contribution in [0.3, 0.4) is 0 Å². The second-order valence-corrected chi connectivity index (χ2v) is 6.21. The van der Waals surface area contributed by atoms with E-state index >= 15 is 0 Å². The zero-order valence-corrected chi connectivity index (χ0v) is 13.9. The lowest BCUT2D eigenvalue weighted by Crippen LogP contribution is -2.06. The van der Waals surface area contributed by atoms with Gasteiger partial charge >= 0.3 is 0 Å². The van der Waals surface area contributed by atoms with Crippen molar-refractivity contribution in [3.05, 3.63) is 89.0 Å². The van der Waals surface area contributed by atoms with E-state index < -0.39 is 34.9 Å². The van der Waals surface area contributed by atoms with E-state index in [1.165, 1.54) is 24.3 Å². The van der Waals surface area contributed by atoms with Gasteiger partial charge in [-0.15, -0.1) is 0 Å². The molecule has 0 saturated carbocycles. The van der Waals surface area contributed by atoms with Crippen LogP contribution in [0.15, 0.2) is 54.6 Å². The Bertz CT molecular complexity index is 953. The topological polar surface area (TPSA) is 20.2 Å². The highest BCUT2D eigenvalue weighted by Crippen LogP contribution is 2.31. The molecular formula is C21H16F4O. The normalized spacial score (nSPS) is 12.2. The number of hydrogen-bond donors (Lipinski definition) is 1. The van der Waals surface area contributed by atoms with Crippen LogP contribution < -0.4 is 0 Å². The predicted molar refractivity (Wildman–Crippen MR) is 91.9 cm³/mol. The third-order valence-electron chi connectivity index (χ3n) is 4.36. The molecule has 3 aromatic rings. The van der Waals surface area contributed by atoms with Gasteiger partial charge in [0, 0.05) is 5.56 Å². The zero-order valence-electron chi connectivity index (χ0n) is 13.9. The minimum atomic E-state index is -1.04. The van der Waals surface area contributed by atoms with Gasteiger partial charge in [-0.2, -0.15) is 0 Å². The highest BCUT2D eigenvalue weighted by molar-refractivity contribution is 5.64. The van der Waals surface area contributed by atoms with E-state index in [0.717, 1.165) is 12.1 Å². The Labute approximate surface area is 148 Å². The molecule has 3 rings (SSSR count). The van der Waals surface area contributed by atoms with Gasteiger partial charge < -0.3 is 5.11 Å². The first-order valence-electron chi connectivity index (χ1n) is 8.08. The molecule has 1 nitrogen and oxygen atoms in total. The number of benzene rings is 3. The Hall–Kier alpha value is -2.82. The molecule has 0 amide bonds. The van der Waals surface area contributed by atoms with Crippen molar-refractivity contribution in [3.8, 4) is 16.9 Å². The van der Waals surface area contributed by atoms with Crippen LogP contribution in [0.1, 0.15) is 24.0 Å². The minimum absolute atomic E-state index is 0.129. The fourth-order valence-corrected chi connectivity index (χ4v) is 2.96. The Balaban J connectivity index is 1.96. The van der Waals surface area contributed by atoms with Crippen molar-refractivity contribution >= 4 is 0 Å². The van der Waals surface area contributed by atoms with Crippen LogP contribution in [0.2, 0.25) is 0 Å². The van der Waals surface area contributed by atoms with Crippen molar-refractivity contribution in [2.45, 2.75) is 19.3 Å². The van der Waals surface area contributed by atoms with Crippen LogP contribution in [0, 0.1) is 23.3 Å². The molecule has 0 aromatic heterocycles. The molecule has 0 fully saturated rings. The standard InChI is InChI=1S/C21H16F4O/c1-12(9-17-19(24)7-8-20(26)21(17)25)16-11-14(5-6-18(16)23)13-3-2-4-15(22)10-13/h2-8,10-12,26H,9H2,1H3. The SMILES string of the molecule is CC(Cc1c(F)ccc(O)c1F)c1cc(-c2cccc(F)c2)ccc1F. The Morgan fingerprint density at radius 2 is 1.54 bits per heavy atom. The summed E-state index contributed by atoms with van der Waals surface area (Å²) in [6.45, 7) is 1.64. The quantitative estimate of drug-likeness (QED) is 0.569. The summed E-state index contributed by atoms with van der Waals surface area (Å²) in [6.07, 6.45) is -0.129. The van der Waals surface area contributed by atoms with Crippen molar-refractivity contribution < 1.29 is 22.7 Å². The van der Waals surface area contributed by atoms with Gasteiger partial charge in [-0.3, -0.25) is 0 Å². The van der Waals surface area contributed by atoms with E-state index in [1.54, 1.807) is 25.1 Å². The Morgan fingerprint density at radius 3 is 2.27 bits per heavy atom. The Morgan fingerprint density at radius 1 is 0.846 bits per heavy atom. The summed E-state index contributed by atoms with van der Waals surface area (Å²) in [6, 6.07) is 12.1. The lowest BCUT2D eigenvalue weighted by molar-refractivity contribution is 0.420. The van der Waals surface area contributed by atoms with Crippen LogP contribution in [0.5, 0.6) is 5.75 Å². The fourth-order valence-electron chi connectivity index (χ4n) is 2.96. The number of hydrogen-bond acceptors (Lipinski definition) is 1. The maximum Gasteiger partial charge on any atom is 0.170 e. The van der Waals surface area contributed by atoms with Crippen LogP contribution in [0.25, 0.3) is 11.1 Å². The average Bonchev–Trinajstić information content (AvgIpc) is 2.62. The minimum Gasteiger partial charge on any atom is -0.505 e. The summed E-state index contributed by atoms with van der Waals surface area (Å²) in [7, 11) is 0. The smallest absolute Gasteiger partial charge is 0.170 e. The van der Waals surface area contributed by atoms with Gasteiger partial charge in [0.15, 0.2) is 11.6 Å². The lowest BCUT2D eigenvalue weighted by Gasteiger charge is -2.16. The van der Waals surface area contributed by atoms with Crippen molar-refractivity contribution in [2.75, 3.05) is 0 Å². The molecule has 0 spiro atoms. The van der Waals surface area contributed by atoms with E-state index in [-0.39, 0.29) is 17.5 Å². The van der Waals surface area contributed by atoms with Crippen molar-refractivity contribution in [3.63, 3.8) is 0 Å². The number of halogens is 4. The predicted octanol–water partition coefficient (Wildman–Crippen LogP) is 5.96. The molecule has 0 saturated heterocycles. The molecule has 0 radical (unpaired) electrons. The largest absolute Gasteiger partial charge is 0.505 e. The van der Waals surface area contributed by atoms with E-state index in [4.69, 9.17) is 0 Å². The van der Waals surface area contributed by atoms with Crippen LogP contribution in [-0.2, 0) is 6.42 Å². The third kappa shape index (κ3) is 3.57. The number of phenols is 1. The maximum absolute atomic E-state index is 14.3. The number of rotatable bonds is 4. The summed E-state index contributed by atoms with van der Waals surface area (Å²) in [5, 5.41) is 9.43. The molecule has 0 aliphatic heterocycles. The molecular weight excluding hydrogens is 344 g/mol. The summed E-state index contributed by atoms with van der Waals surface area (Å²) in [5.41, 5.74) is 1.14. The van der Waals surface area contributed by atoms with Crippen LogP contribution >= 0.6 is 0 Å². The molecule has 0 heterocycles. The first-order valence-corrected chi connectivity index (χ1v) is 8.08. The van der Waals surface area contributed by atoms with Gasteiger partial charge in [-0.1, -0.05) is 25.1 Å². The van der Waals surface area contributed by atoms with Crippen LogP contribution in [-0.4, -0.2) is 5.11 Å². The molecule has 5 heteroatoms. The summed E-state index contributed by atoms with van der Waals surface area (Å²) in [4.78, 5) is 0. The highest BCUT2D eigenvalue weighted by Gasteiger charge is 2.19. The van der Waals surface area contributed by atoms with Gasteiger partial charge in [0.1, 0.15) is 17.5 Å². The zero-order chi connectivity index (χ0) is 18.8. The first kappa shape index (κ1) is 18.0. The van der Waals surface area contributed by atoms with Gasteiger partial charge in [0.25, 0.3) is 0 Å². The van der Waals surface area contributed by atoms with E-state index in [2.05, 4.69) is 0 Å². The molecule has 1 atom stereocenters. The highest BCUT2D eigenvalue weighted by atomic mass is 19.1. The number of aromatic hydroxyl groups is 1. The number of phenolic OH excluding ortho intramolecular Hbond substituents is 1. The monoisotopic (exact) mass is 360 g/mol. The maximum atomic E-state index is 14.3. The molecule has 134 valence electrons. The van der Waals surface area contributed by atoms with E-state index in [0.29, 0.717) is 11.1 Å². The van der Waals surface area contributed by atoms with Crippen molar-refractivity contribution in [1.82, 2.24) is 0 Å². The molecule has 0 bridgehead atoms. The van der Waals surface area contributed by atoms with E-state index in [1.807, 2.05) is 0 Å². The molecule has 1 unspecified atom stereocenters. The summed E-state index contributed by atoms with van der Waals surface area (Å²) < 4.78 is 55.6. The molecule has 0 aliphatic rings. The second-order valence-electron chi connectivity index (χ2n) is 6.21. The van der Waals surface area contributed by atoms with Gasteiger partial charge in [0.2, 0.25) is 0 Å². The van der Waals surface area contributed by atoms with Crippen molar-refractivity contribution in [1.29, 1.82) is 0 Å². The lowest BCUT2D eigenvalue weighted by atomic mass is 9.90. The second kappa shape index (κ2) is 7.20. The van der Waals surface area contributed by atoms with Crippen LogP contribution in [0.4, 0.5) is 17.6 Å². The molecule has 0 aliphatic carbocycles. The molecule has 26 heavy (non-hydrogen) atoms.